The molecule has 0 aliphatic heterocycles. The van der Waals surface area contributed by atoms with Gasteiger partial charge >= 0.3 is 0 Å². The molecule has 5 heteroatoms. The molecule has 0 bridgehead atoms. The predicted molar refractivity (Wildman–Crippen MR) is 79.2 cm³/mol. The second-order valence-corrected chi connectivity index (χ2v) is 4.90. The molecular formula is C13H10IN3O. The molecule has 3 aromatic rings. The molecule has 2 N–H and O–H groups in total. The number of para-hydroxylation sites is 1. The van der Waals surface area contributed by atoms with Gasteiger partial charge in [-0.25, -0.2) is 4.68 Å². The fraction of sp³-hybridized carbons (Fsp3) is 0. The van der Waals surface area contributed by atoms with Crippen LogP contribution in [0.2, 0.25) is 0 Å². The lowest BCUT2D eigenvalue weighted by Crippen LogP contribution is -1.97. The van der Waals surface area contributed by atoms with Crippen LogP contribution in [-0.4, -0.2) is 15.0 Å². The van der Waals surface area contributed by atoms with E-state index in [0.717, 1.165) is 20.3 Å². The Hall–Kier alpha value is -1.60. The monoisotopic (exact) mass is 351 g/mol. The zero-order valence-electron chi connectivity index (χ0n) is 9.34. The van der Waals surface area contributed by atoms with E-state index in [0.29, 0.717) is 5.69 Å². The average molecular weight is 351 g/mol. The number of halogens is 1. The lowest BCUT2D eigenvalue weighted by atomic mass is 10.2. The second-order valence-electron chi connectivity index (χ2n) is 3.88. The Morgan fingerprint density at radius 2 is 1.78 bits per heavy atom. The van der Waals surface area contributed by atoms with Crippen LogP contribution < -0.4 is 5.48 Å². The molecule has 0 fully saturated rings. The first-order valence-corrected chi connectivity index (χ1v) is 6.51. The van der Waals surface area contributed by atoms with Gasteiger partial charge in [0.05, 0.1) is 16.9 Å². The van der Waals surface area contributed by atoms with Crippen LogP contribution in [-0.2, 0) is 0 Å². The van der Waals surface area contributed by atoms with Gasteiger partial charge in [-0.2, -0.15) is 5.10 Å². The van der Waals surface area contributed by atoms with E-state index in [2.05, 4.69) is 39.2 Å². The van der Waals surface area contributed by atoms with E-state index in [4.69, 9.17) is 5.21 Å². The largest absolute Gasteiger partial charge is 0.291 e. The van der Waals surface area contributed by atoms with Crippen LogP contribution in [0.25, 0.3) is 16.6 Å². The maximum absolute atomic E-state index is 8.80. The van der Waals surface area contributed by atoms with Crippen molar-refractivity contribution in [1.82, 2.24) is 9.78 Å². The number of hydrogen-bond acceptors (Lipinski definition) is 3. The van der Waals surface area contributed by atoms with Crippen molar-refractivity contribution < 1.29 is 5.21 Å². The molecular weight excluding hydrogens is 341 g/mol. The van der Waals surface area contributed by atoms with Gasteiger partial charge in [0.1, 0.15) is 3.70 Å². The first-order chi connectivity index (χ1) is 8.79. The highest BCUT2D eigenvalue weighted by Gasteiger charge is 2.08. The van der Waals surface area contributed by atoms with Gasteiger partial charge < -0.3 is 0 Å². The highest BCUT2D eigenvalue weighted by molar-refractivity contribution is 14.1. The van der Waals surface area contributed by atoms with Crippen LogP contribution in [0.1, 0.15) is 0 Å². The van der Waals surface area contributed by atoms with E-state index in [-0.39, 0.29) is 0 Å². The van der Waals surface area contributed by atoms with Gasteiger partial charge in [0.25, 0.3) is 0 Å². The standard InChI is InChI=1S/C13H10IN3O/c14-13-11-3-1-2-4-12(11)17(15-13)10-7-5-9(16-18)6-8-10/h1-8,16,18H. The molecule has 0 aliphatic rings. The minimum Gasteiger partial charge on any atom is -0.291 e. The van der Waals surface area contributed by atoms with E-state index in [1.54, 1.807) is 12.1 Å². The van der Waals surface area contributed by atoms with Crippen LogP contribution in [0.4, 0.5) is 5.69 Å². The number of anilines is 1. The summed E-state index contributed by atoms with van der Waals surface area (Å²) in [5.74, 6) is 0. The van der Waals surface area contributed by atoms with Gasteiger partial charge in [0.15, 0.2) is 0 Å². The molecule has 1 aromatic heterocycles. The molecule has 18 heavy (non-hydrogen) atoms. The second kappa shape index (κ2) is 4.58. The van der Waals surface area contributed by atoms with Crippen molar-refractivity contribution in [3.8, 4) is 5.69 Å². The van der Waals surface area contributed by atoms with Crippen LogP contribution in [0.3, 0.4) is 0 Å². The summed E-state index contributed by atoms with van der Waals surface area (Å²) in [4.78, 5) is 0. The van der Waals surface area contributed by atoms with Crippen molar-refractivity contribution in [1.29, 1.82) is 0 Å². The van der Waals surface area contributed by atoms with Crippen LogP contribution in [0, 0.1) is 3.70 Å². The lowest BCUT2D eigenvalue weighted by Gasteiger charge is -2.04. The molecule has 0 aliphatic carbocycles. The predicted octanol–water partition coefficient (Wildman–Crippen LogP) is 3.43. The lowest BCUT2D eigenvalue weighted by molar-refractivity contribution is 0.389. The third-order valence-corrected chi connectivity index (χ3v) is 3.58. The van der Waals surface area contributed by atoms with Gasteiger partial charge in [-0.1, -0.05) is 18.2 Å². The molecule has 0 unspecified atom stereocenters. The van der Waals surface area contributed by atoms with E-state index >= 15 is 0 Å². The topological polar surface area (TPSA) is 50.1 Å². The molecule has 0 spiro atoms. The maximum atomic E-state index is 8.80. The van der Waals surface area contributed by atoms with Crippen molar-refractivity contribution in [3.05, 3.63) is 52.2 Å². The van der Waals surface area contributed by atoms with E-state index in [9.17, 15) is 0 Å². The van der Waals surface area contributed by atoms with Crippen molar-refractivity contribution in [2.24, 2.45) is 0 Å². The number of hydrogen-bond donors (Lipinski definition) is 2. The summed E-state index contributed by atoms with van der Waals surface area (Å²) in [5.41, 5.74) is 4.82. The molecule has 0 radical (unpaired) electrons. The van der Waals surface area contributed by atoms with E-state index in [1.165, 1.54) is 0 Å². The molecule has 4 nitrogen and oxygen atoms in total. The first-order valence-electron chi connectivity index (χ1n) is 5.43. The van der Waals surface area contributed by atoms with Crippen LogP contribution >= 0.6 is 22.6 Å². The molecule has 3 rings (SSSR count). The summed E-state index contributed by atoms with van der Waals surface area (Å²) in [6.45, 7) is 0. The summed E-state index contributed by atoms with van der Waals surface area (Å²) in [6, 6.07) is 15.5. The van der Waals surface area contributed by atoms with Gasteiger partial charge in [-0.15, -0.1) is 0 Å². The molecule has 0 atom stereocenters. The highest BCUT2D eigenvalue weighted by Crippen LogP contribution is 2.23. The number of nitrogens with zero attached hydrogens (tertiary/aromatic N) is 2. The third kappa shape index (κ3) is 1.85. The third-order valence-electron chi connectivity index (χ3n) is 2.78. The smallest absolute Gasteiger partial charge is 0.131 e. The summed E-state index contributed by atoms with van der Waals surface area (Å²) >= 11 is 2.24. The SMILES string of the molecule is ONc1ccc(-n2nc(I)c3ccccc32)cc1. The Balaban J connectivity index is 2.18. The number of fused-ring (bicyclic) bond motifs is 1. The summed E-state index contributed by atoms with van der Waals surface area (Å²) in [7, 11) is 0. The molecule has 90 valence electrons. The van der Waals surface area contributed by atoms with Crippen LogP contribution in [0.5, 0.6) is 0 Å². The zero-order chi connectivity index (χ0) is 12.5. The van der Waals surface area contributed by atoms with Gasteiger partial charge in [-0.3, -0.25) is 10.7 Å². The quantitative estimate of drug-likeness (QED) is 0.549. The van der Waals surface area contributed by atoms with Crippen LogP contribution in [0.15, 0.2) is 48.5 Å². The number of benzene rings is 2. The summed E-state index contributed by atoms with van der Waals surface area (Å²) in [5, 5.41) is 14.5. The Bertz CT molecular complexity index is 691. The normalized spacial score (nSPS) is 10.8. The number of nitrogens with one attached hydrogen (secondary N) is 1. The summed E-state index contributed by atoms with van der Waals surface area (Å²) < 4.78 is 2.88. The van der Waals surface area contributed by atoms with E-state index < -0.39 is 0 Å². The Labute approximate surface area is 117 Å². The van der Waals surface area contributed by atoms with Gasteiger partial charge in [0.2, 0.25) is 0 Å². The van der Waals surface area contributed by atoms with Crippen molar-refractivity contribution >= 4 is 39.2 Å². The van der Waals surface area contributed by atoms with Gasteiger partial charge in [-0.05, 0) is 52.9 Å². The first kappa shape index (κ1) is 11.5. The fourth-order valence-corrected chi connectivity index (χ4v) is 2.57. The van der Waals surface area contributed by atoms with Gasteiger partial charge in [0, 0.05) is 5.39 Å². The summed E-state index contributed by atoms with van der Waals surface area (Å²) in [6.07, 6.45) is 0. The molecule has 0 saturated carbocycles. The molecule has 1 heterocycles. The number of aromatic nitrogens is 2. The van der Waals surface area contributed by atoms with E-state index in [1.807, 2.05) is 35.0 Å². The molecule has 2 aromatic carbocycles. The Morgan fingerprint density at radius 3 is 2.50 bits per heavy atom. The minimum atomic E-state index is 0.657. The van der Waals surface area contributed by atoms with Crippen molar-refractivity contribution in [2.45, 2.75) is 0 Å². The highest BCUT2D eigenvalue weighted by atomic mass is 127. The number of rotatable bonds is 2. The molecule has 0 saturated heterocycles. The Morgan fingerprint density at radius 1 is 1.06 bits per heavy atom. The molecule has 0 amide bonds. The Kier molecular flexibility index (Phi) is 2.92. The zero-order valence-corrected chi connectivity index (χ0v) is 11.5. The maximum Gasteiger partial charge on any atom is 0.131 e. The minimum absolute atomic E-state index is 0.657. The van der Waals surface area contributed by atoms with Crippen molar-refractivity contribution in [3.63, 3.8) is 0 Å². The average Bonchev–Trinajstić information content (AvgIpc) is 2.77. The fourth-order valence-electron chi connectivity index (χ4n) is 1.90. The van der Waals surface area contributed by atoms with Crippen molar-refractivity contribution in [2.75, 3.05) is 5.48 Å².